The van der Waals surface area contributed by atoms with E-state index in [4.69, 9.17) is 10.5 Å². The van der Waals surface area contributed by atoms with Gasteiger partial charge in [0.1, 0.15) is 6.10 Å². The van der Waals surface area contributed by atoms with E-state index in [2.05, 4.69) is 70.7 Å². The molecule has 0 aromatic rings. The van der Waals surface area contributed by atoms with Gasteiger partial charge in [-0.3, -0.25) is 9.05 Å². The summed E-state index contributed by atoms with van der Waals surface area (Å²) in [7, 11) is -4.16. The summed E-state index contributed by atoms with van der Waals surface area (Å²) in [5.74, 6) is 0. The van der Waals surface area contributed by atoms with E-state index in [1.165, 1.54) is 0 Å². The first-order valence-electron chi connectivity index (χ1n) is 10.8. The second-order valence-electron chi connectivity index (χ2n) is 6.61. The predicted octanol–water partition coefficient (Wildman–Crippen LogP) is 4.60. The number of phosphoric ester groups is 1. The lowest BCUT2D eigenvalue weighted by Crippen LogP contribution is -2.22. The fraction of sp³-hybridized carbons (Fsp3) is 0.565. The normalized spacial score (nSPS) is 15.9. The number of aliphatic hydroxyl groups is 1. The number of ether oxygens (including phenoxy) is 1. The van der Waals surface area contributed by atoms with Gasteiger partial charge in [-0.15, -0.1) is 0 Å². The minimum Gasteiger partial charge on any atom is -0.388 e. The Morgan fingerprint density at radius 1 is 0.806 bits per heavy atom. The van der Waals surface area contributed by atoms with Gasteiger partial charge in [0.05, 0.1) is 26.4 Å². The van der Waals surface area contributed by atoms with Gasteiger partial charge in [0.15, 0.2) is 0 Å². The molecule has 0 aliphatic carbocycles. The lowest BCUT2D eigenvalue weighted by Gasteiger charge is -2.14. The van der Waals surface area contributed by atoms with Crippen molar-refractivity contribution in [3.05, 3.63) is 60.8 Å². The molecule has 0 aliphatic heterocycles. The van der Waals surface area contributed by atoms with Crippen LogP contribution in [0.3, 0.4) is 0 Å². The molecule has 0 aromatic heterocycles. The van der Waals surface area contributed by atoms with E-state index in [1.807, 2.05) is 6.08 Å². The molecule has 2 unspecified atom stereocenters. The Morgan fingerprint density at radius 3 is 1.84 bits per heavy atom. The largest absolute Gasteiger partial charge is 0.472 e. The zero-order chi connectivity index (χ0) is 23.0. The molecular weight excluding hydrogens is 417 g/mol. The molecule has 0 aromatic carbocycles. The molecule has 0 saturated carbocycles. The van der Waals surface area contributed by atoms with Crippen LogP contribution in [-0.2, 0) is 18.3 Å². The van der Waals surface area contributed by atoms with Crippen LogP contribution in [0.15, 0.2) is 60.8 Å². The Hall–Kier alpha value is -1.31. The van der Waals surface area contributed by atoms with Crippen molar-refractivity contribution in [2.24, 2.45) is 5.73 Å². The molecule has 0 saturated heterocycles. The summed E-state index contributed by atoms with van der Waals surface area (Å²) < 4.78 is 25.9. The fourth-order valence-electron chi connectivity index (χ4n) is 2.17. The monoisotopic (exact) mass is 457 g/mol. The van der Waals surface area contributed by atoms with Crippen LogP contribution in [-0.4, -0.2) is 49.1 Å². The van der Waals surface area contributed by atoms with Crippen molar-refractivity contribution >= 4 is 7.82 Å². The van der Waals surface area contributed by atoms with E-state index in [0.29, 0.717) is 6.61 Å². The van der Waals surface area contributed by atoms with Crippen LogP contribution in [0.4, 0.5) is 0 Å². The first-order valence-corrected chi connectivity index (χ1v) is 12.3. The fourth-order valence-corrected chi connectivity index (χ4v) is 2.94. The quantitative estimate of drug-likeness (QED) is 0.139. The molecule has 0 aliphatic rings. The van der Waals surface area contributed by atoms with Crippen LogP contribution in [0.1, 0.15) is 45.4 Å². The first kappa shape index (κ1) is 29.7. The van der Waals surface area contributed by atoms with Gasteiger partial charge in [-0.1, -0.05) is 67.7 Å². The highest BCUT2D eigenvalue weighted by atomic mass is 31.2. The van der Waals surface area contributed by atoms with Crippen LogP contribution in [0, 0.1) is 0 Å². The Labute approximate surface area is 187 Å². The van der Waals surface area contributed by atoms with E-state index >= 15 is 0 Å². The zero-order valence-electron chi connectivity index (χ0n) is 18.7. The summed E-state index contributed by atoms with van der Waals surface area (Å²) in [6.45, 7) is 2.27. The van der Waals surface area contributed by atoms with E-state index in [9.17, 15) is 14.6 Å². The molecule has 0 bridgehead atoms. The Morgan fingerprint density at radius 2 is 1.32 bits per heavy atom. The molecule has 178 valence electrons. The van der Waals surface area contributed by atoms with Gasteiger partial charge < -0.3 is 20.5 Å². The highest BCUT2D eigenvalue weighted by molar-refractivity contribution is 7.47. The summed E-state index contributed by atoms with van der Waals surface area (Å²) in [4.78, 5) is 9.30. The summed E-state index contributed by atoms with van der Waals surface area (Å²) in [6, 6.07) is 0. The average molecular weight is 458 g/mol. The molecule has 0 amide bonds. The molecule has 0 heterocycles. The number of hydrogen-bond acceptors (Lipinski definition) is 6. The van der Waals surface area contributed by atoms with Crippen molar-refractivity contribution in [1.29, 1.82) is 0 Å². The summed E-state index contributed by atoms with van der Waals surface area (Å²) >= 11 is 0. The predicted molar refractivity (Wildman–Crippen MR) is 127 cm³/mol. The molecular formula is C23H40NO6P. The first-order chi connectivity index (χ1) is 15.0. The van der Waals surface area contributed by atoms with E-state index in [-0.39, 0.29) is 26.4 Å². The number of rotatable bonds is 20. The van der Waals surface area contributed by atoms with Crippen molar-refractivity contribution < 1.29 is 28.3 Å². The third kappa shape index (κ3) is 23.2. The highest BCUT2D eigenvalue weighted by Gasteiger charge is 2.22. The highest BCUT2D eigenvalue weighted by Crippen LogP contribution is 2.42. The van der Waals surface area contributed by atoms with Crippen LogP contribution in [0.25, 0.3) is 0 Å². The van der Waals surface area contributed by atoms with Crippen LogP contribution >= 0.6 is 7.82 Å². The number of allylic oxidation sites excluding steroid dienone is 9. The van der Waals surface area contributed by atoms with Gasteiger partial charge in [-0.2, -0.15) is 0 Å². The molecule has 31 heavy (non-hydrogen) atoms. The van der Waals surface area contributed by atoms with E-state index < -0.39 is 13.9 Å². The third-order valence-electron chi connectivity index (χ3n) is 3.70. The van der Waals surface area contributed by atoms with E-state index in [0.717, 1.165) is 38.5 Å². The molecule has 0 radical (unpaired) electrons. The average Bonchev–Trinajstić information content (AvgIpc) is 2.75. The second-order valence-corrected chi connectivity index (χ2v) is 8.07. The maximum absolute atomic E-state index is 11.4. The zero-order valence-corrected chi connectivity index (χ0v) is 19.6. The van der Waals surface area contributed by atoms with Gasteiger partial charge in [0.25, 0.3) is 0 Å². The van der Waals surface area contributed by atoms with Gasteiger partial charge in [0.2, 0.25) is 0 Å². The maximum atomic E-state index is 11.4. The summed E-state index contributed by atoms with van der Waals surface area (Å²) in [5.41, 5.74) is 5.17. The maximum Gasteiger partial charge on any atom is 0.472 e. The standard InChI is InChI=1S/C23H40NO6P/c1-2-3-4-5-6-7-8-9-10-11-12-13-14-15-16-17-19-28-21-23(25)22-30-31(26,27)29-20-18-24/h3-4,6-7,9-10,12-13,15-16,23,25H,2,5,8,11,14,17-22,24H2,1H3,(H,26,27)/b4-3-,7-6-,10-9-,13-12-,16-15-. The number of aliphatic hydroxyl groups excluding tert-OH is 1. The van der Waals surface area contributed by atoms with Crippen LogP contribution in [0.2, 0.25) is 0 Å². The minimum atomic E-state index is -4.16. The molecule has 7 nitrogen and oxygen atoms in total. The number of phosphoric acid groups is 1. The van der Waals surface area contributed by atoms with Crippen molar-refractivity contribution in [2.75, 3.05) is 33.0 Å². The molecule has 8 heteroatoms. The lowest BCUT2D eigenvalue weighted by molar-refractivity contribution is 0.00448. The molecule has 4 N–H and O–H groups in total. The van der Waals surface area contributed by atoms with Gasteiger partial charge in [0, 0.05) is 6.54 Å². The number of nitrogens with two attached hydrogens (primary N) is 1. The summed E-state index contributed by atoms with van der Waals surface area (Å²) in [5, 5.41) is 9.67. The molecule has 0 rings (SSSR count). The van der Waals surface area contributed by atoms with Crippen molar-refractivity contribution in [2.45, 2.75) is 51.6 Å². The van der Waals surface area contributed by atoms with Crippen LogP contribution < -0.4 is 5.73 Å². The minimum absolute atomic E-state index is 0.0155. The Balaban J connectivity index is 3.61. The Kier molecular flexibility index (Phi) is 21.0. The van der Waals surface area contributed by atoms with Gasteiger partial charge in [-0.05, 0) is 38.5 Å². The van der Waals surface area contributed by atoms with E-state index in [1.54, 1.807) is 0 Å². The second kappa shape index (κ2) is 21.9. The Bertz CT molecular complexity index is 601. The van der Waals surface area contributed by atoms with Crippen molar-refractivity contribution in [3.63, 3.8) is 0 Å². The number of hydrogen-bond donors (Lipinski definition) is 3. The van der Waals surface area contributed by atoms with Gasteiger partial charge >= 0.3 is 7.82 Å². The lowest BCUT2D eigenvalue weighted by atomic mass is 10.2. The molecule has 2 atom stereocenters. The molecule has 0 fully saturated rings. The van der Waals surface area contributed by atoms with Crippen LogP contribution in [0.5, 0.6) is 0 Å². The smallest absolute Gasteiger partial charge is 0.388 e. The summed E-state index contributed by atoms with van der Waals surface area (Å²) in [6.07, 6.45) is 26.0. The third-order valence-corrected chi connectivity index (χ3v) is 4.68. The van der Waals surface area contributed by atoms with Crippen molar-refractivity contribution in [1.82, 2.24) is 0 Å². The molecule has 0 spiro atoms. The topological polar surface area (TPSA) is 111 Å². The SMILES string of the molecule is CC/C=C\C/C=C\C/C=C\C/C=C\C/C=C\CCOCC(O)COP(=O)(O)OCCN. The van der Waals surface area contributed by atoms with Gasteiger partial charge in [-0.25, -0.2) is 4.57 Å². The van der Waals surface area contributed by atoms with Crippen molar-refractivity contribution in [3.8, 4) is 0 Å².